The van der Waals surface area contributed by atoms with Crippen molar-refractivity contribution in [2.75, 3.05) is 12.5 Å². The van der Waals surface area contributed by atoms with Crippen molar-refractivity contribution in [3.63, 3.8) is 0 Å². The zero-order chi connectivity index (χ0) is 10.2. The molecule has 1 nitrogen and oxygen atoms in total. The van der Waals surface area contributed by atoms with E-state index in [9.17, 15) is 5.11 Å². The predicted octanol–water partition coefficient (Wildman–Crippen LogP) is 3.59. The van der Waals surface area contributed by atoms with Gasteiger partial charge in [0.15, 0.2) is 0 Å². The Balaban J connectivity index is 3.37. The first-order chi connectivity index (χ1) is 5.82. The van der Waals surface area contributed by atoms with Crippen molar-refractivity contribution in [2.45, 2.75) is 18.7 Å². The van der Waals surface area contributed by atoms with Crippen LogP contribution in [0.15, 0.2) is 17.0 Å². The van der Waals surface area contributed by atoms with E-state index in [0.717, 1.165) is 16.0 Å². The molecule has 0 saturated carbocycles. The highest BCUT2D eigenvalue weighted by atomic mass is 35.7. The van der Waals surface area contributed by atoms with Gasteiger partial charge in [-0.25, -0.2) is 0 Å². The van der Waals surface area contributed by atoms with Crippen molar-refractivity contribution < 1.29 is 5.11 Å². The van der Waals surface area contributed by atoms with Gasteiger partial charge in [-0.2, -0.15) is 0 Å². The van der Waals surface area contributed by atoms with Crippen molar-refractivity contribution in [3.8, 4) is 5.75 Å². The summed E-state index contributed by atoms with van der Waals surface area (Å²) in [6.07, 6.45) is 3.92. The normalized spacial score (nSPS) is 13.0. The SMILES string of the molecule is Cc1cc(C)c(O)c(S(C)(C)Cl)c1. The van der Waals surface area contributed by atoms with E-state index in [1.807, 2.05) is 38.5 Å². The highest BCUT2D eigenvalue weighted by Crippen LogP contribution is 2.57. The van der Waals surface area contributed by atoms with Crippen molar-refractivity contribution in [1.82, 2.24) is 0 Å². The van der Waals surface area contributed by atoms with E-state index in [4.69, 9.17) is 10.7 Å². The third-order valence-electron chi connectivity index (χ3n) is 1.93. The Morgan fingerprint density at radius 3 is 2.23 bits per heavy atom. The Morgan fingerprint density at radius 1 is 1.23 bits per heavy atom. The van der Waals surface area contributed by atoms with Crippen LogP contribution in [-0.4, -0.2) is 17.6 Å². The van der Waals surface area contributed by atoms with Gasteiger partial charge in [-0.1, -0.05) is 16.7 Å². The molecule has 0 aliphatic heterocycles. The van der Waals surface area contributed by atoms with Crippen LogP contribution in [0.3, 0.4) is 0 Å². The maximum atomic E-state index is 9.79. The molecule has 0 aliphatic rings. The van der Waals surface area contributed by atoms with E-state index in [1.54, 1.807) is 0 Å². The fourth-order valence-corrected chi connectivity index (χ4v) is 2.73. The minimum Gasteiger partial charge on any atom is -0.507 e. The van der Waals surface area contributed by atoms with Crippen LogP contribution in [0, 0.1) is 13.8 Å². The average Bonchev–Trinajstić information content (AvgIpc) is 1.94. The van der Waals surface area contributed by atoms with Gasteiger partial charge in [0.2, 0.25) is 0 Å². The van der Waals surface area contributed by atoms with Crippen molar-refractivity contribution in [1.29, 1.82) is 0 Å². The third kappa shape index (κ3) is 2.32. The molecule has 0 aliphatic carbocycles. The Hall–Kier alpha value is -0.340. The lowest BCUT2D eigenvalue weighted by Gasteiger charge is -2.24. The van der Waals surface area contributed by atoms with Crippen LogP contribution in [0.1, 0.15) is 11.1 Å². The standard InChI is InChI=1S/C10H15ClOS/c1-7-5-8(2)10(12)9(6-7)13(3,4)11/h5-6,12H,1-4H3. The molecule has 1 rings (SSSR count). The molecule has 0 aromatic heterocycles. The molecule has 0 amide bonds. The minimum atomic E-state index is -1.36. The summed E-state index contributed by atoms with van der Waals surface area (Å²) in [6, 6.07) is 3.92. The van der Waals surface area contributed by atoms with E-state index < -0.39 is 9.24 Å². The van der Waals surface area contributed by atoms with Gasteiger partial charge in [0.05, 0.1) is 0 Å². The van der Waals surface area contributed by atoms with Crippen LogP contribution < -0.4 is 0 Å². The molecule has 74 valence electrons. The Labute approximate surface area is 85.6 Å². The minimum absolute atomic E-state index is 0.348. The fourth-order valence-electron chi connectivity index (χ4n) is 1.29. The van der Waals surface area contributed by atoms with Crippen LogP contribution in [0.2, 0.25) is 0 Å². The van der Waals surface area contributed by atoms with E-state index >= 15 is 0 Å². The lowest BCUT2D eigenvalue weighted by atomic mass is 10.1. The van der Waals surface area contributed by atoms with Gasteiger partial charge in [-0.15, -0.1) is 9.24 Å². The monoisotopic (exact) mass is 218 g/mol. The van der Waals surface area contributed by atoms with Gasteiger partial charge in [0.1, 0.15) is 5.75 Å². The molecule has 1 N–H and O–H groups in total. The first kappa shape index (κ1) is 10.7. The van der Waals surface area contributed by atoms with E-state index in [0.29, 0.717) is 5.75 Å². The topological polar surface area (TPSA) is 20.2 Å². The van der Waals surface area contributed by atoms with Crippen LogP contribution in [-0.2, 0) is 0 Å². The number of rotatable bonds is 1. The summed E-state index contributed by atoms with van der Waals surface area (Å²) in [5.41, 5.74) is 2.04. The zero-order valence-electron chi connectivity index (χ0n) is 8.39. The van der Waals surface area contributed by atoms with Gasteiger partial charge in [0, 0.05) is 4.90 Å². The number of phenolic OH excluding ortho intramolecular Hbond substituents is 1. The zero-order valence-corrected chi connectivity index (χ0v) is 9.96. The van der Waals surface area contributed by atoms with Crippen molar-refractivity contribution >= 4 is 19.9 Å². The molecule has 0 heterocycles. The molecule has 3 heteroatoms. The number of aryl methyl sites for hydroxylation is 2. The molecule has 0 spiro atoms. The number of benzene rings is 1. The summed E-state index contributed by atoms with van der Waals surface area (Å²) in [5.74, 6) is 0.348. The number of aromatic hydroxyl groups is 1. The predicted molar refractivity (Wildman–Crippen MR) is 61.1 cm³/mol. The molecule has 1 aromatic rings. The molecule has 13 heavy (non-hydrogen) atoms. The highest BCUT2D eigenvalue weighted by molar-refractivity contribution is 8.50. The van der Waals surface area contributed by atoms with Crippen LogP contribution >= 0.6 is 19.9 Å². The Morgan fingerprint density at radius 2 is 1.77 bits per heavy atom. The second kappa shape index (κ2) is 3.43. The van der Waals surface area contributed by atoms with Gasteiger partial charge in [-0.05, 0) is 43.6 Å². The molecular formula is C10H15ClOS. The molecule has 0 atom stereocenters. The van der Waals surface area contributed by atoms with Crippen LogP contribution in [0.4, 0.5) is 0 Å². The first-order valence-corrected chi connectivity index (χ1v) is 7.33. The fraction of sp³-hybridized carbons (Fsp3) is 0.400. The second-order valence-electron chi connectivity index (χ2n) is 3.63. The van der Waals surface area contributed by atoms with Crippen molar-refractivity contribution in [3.05, 3.63) is 23.3 Å². The van der Waals surface area contributed by atoms with Crippen LogP contribution in [0.5, 0.6) is 5.75 Å². The summed E-state index contributed by atoms with van der Waals surface area (Å²) in [6.45, 7) is 3.91. The smallest absolute Gasteiger partial charge is 0.131 e. The number of halogens is 1. The first-order valence-electron chi connectivity index (χ1n) is 4.05. The maximum Gasteiger partial charge on any atom is 0.131 e. The van der Waals surface area contributed by atoms with Crippen molar-refractivity contribution in [2.24, 2.45) is 0 Å². The number of hydrogen-bond acceptors (Lipinski definition) is 1. The van der Waals surface area contributed by atoms with Crippen LogP contribution in [0.25, 0.3) is 0 Å². The van der Waals surface area contributed by atoms with E-state index in [2.05, 4.69) is 0 Å². The maximum absolute atomic E-state index is 9.79. The molecule has 0 radical (unpaired) electrons. The number of phenols is 1. The molecule has 0 fully saturated rings. The van der Waals surface area contributed by atoms with E-state index in [-0.39, 0.29) is 0 Å². The van der Waals surface area contributed by atoms with Gasteiger partial charge in [-0.3, -0.25) is 0 Å². The Bertz CT molecular complexity index is 328. The molecule has 0 saturated heterocycles. The molecule has 0 bridgehead atoms. The summed E-state index contributed by atoms with van der Waals surface area (Å²) < 4.78 is 0. The lowest BCUT2D eigenvalue weighted by Crippen LogP contribution is -1.91. The quantitative estimate of drug-likeness (QED) is 0.764. The number of hydrogen-bond donors (Lipinski definition) is 1. The lowest BCUT2D eigenvalue weighted by molar-refractivity contribution is 0.457. The van der Waals surface area contributed by atoms with Gasteiger partial charge >= 0.3 is 0 Å². The second-order valence-corrected chi connectivity index (χ2v) is 8.79. The average molecular weight is 219 g/mol. The van der Waals surface area contributed by atoms with E-state index in [1.165, 1.54) is 0 Å². The highest BCUT2D eigenvalue weighted by Gasteiger charge is 2.17. The molecule has 0 unspecified atom stereocenters. The molecular weight excluding hydrogens is 204 g/mol. The summed E-state index contributed by atoms with van der Waals surface area (Å²) >= 11 is 0. The summed E-state index contributed by atoms with van der Waals surface area (Å²) in [5, 5.41) is 9.79. The van der Waals surface area contributed by atoms with Gasteiger partial charge < -0.3 is 5.11 Å². The summed E-state index contributed by atoms with van der Waals surface area (Å²) in [7, 11) is 4.87. The van der Waals surface area contributed by atoms with Gasteiger partial charge in [0.25, 0.3) is 0 Å². The largest absolute Gasteiger partial charge is 0.507 e. The third-order valence-corrected chi connectivity index (χ3v) is 3.79. The summed E-state index contributed by atoms with van der Waals surface area (Å²) in [4.78, 5) is 0.881. The molecule has 1 aromatic carbocycles. The Kier molecular flexibility index (Phi) is 2.83.